The normalized spacial score (nSPS) is 30.0. The fourth-order valence-corrected chi connectivity index (χ4v) is 1.22. The molecule has 0 saturated carbocycles. The molecular weight excluding hydrogens is 195 g/mol. The average molecular weight is 206 g/mol. The van der Waals surface area contributed by atoms with Gasteiger partial charge in [-0.05, 0) is 12.8 Å². The smallest absolute Gasteiger partial charge is 0.395 e. The summed E-state index contributed by atoms with van der Waals surface area (Å²) in [4.78, 5) is 0. The van der Waals surface area contributed by atoms with Gasteiger partial charge in [0.1, 0.15) is 6.04 Å². The van der Waals surface area contributed by atoms with Crippen molar-refractivity contribution in [1.82, 2.24) is 5.32 Å². The van der Waals surface area contributed by atoms with Gasteiger partial charge in [0.05, 0.1) is 6.61 Å². The van der Waals surface area contributed by atoms with Gasteiger partial charge < -0.3 is 10.4 Å². The fourth-order valence-electron chi connectivity index (χ4n) is 1.22. The molecule has 1 heterocycles. The van der Waals surface area contributed by atoms with Crippen LogP contribution in [0.5, 0.6) is 0 Å². The van der Waals surface area contributed by atoms with Gasteiger partial charge in [0, 0.05) is 6.04 Å². The molecule has 0 aliphatic carbocycles. The lowest BCUT2D eigenvalue weighted by Crippen LogP contribution is -2.41. The summed E-state index contributed by atoms with van der Waals surface area (Å²) in [5, 5.41) is 10.8. The van der Waals surface area contributed by atoms with Crippen LogP contribution >= 0.6 is 12.4 Å². The van der Waals surface area contributed by atoms with Gasteiger partial charge in [0.15, 0.2) is 0 Å². The molecule has 12 heavy (non-hydrogen) atoms. The molecule has 1 aliphatic rings. The molecular formula is C6H11ClF3NO. The highest BCUT2D eigenvalue weighted by atomic mass is 35.5. The number of aliphatic hydroxyl groups excluding tert-OH is 1. The molecule has 1 rings (SSSR count). The summed E-state index contributed by atoms with van der Waals surface area (Å²) in [6, 6.07) is -1.79. The van der Waals surface area contributed by atoms with Gasteiger partial charge in [-0.15, -0.1) is 12.4 Å². The van der Waals surface area contributed by atoms with E-state index in [1.54, 1.807) is 0 Å². The topological polar surface area (TPSA) is 32.3 Å². The minimum Gasteiger partial charge on any atom is -0.395 e. The molecule has 2 atom stereocenters. The Morgan fingerprint density at radius 1 is 1.33 bits per heavy atom. The zero-order valence-corrected chi connectivity index (χ0v) is 7.08. The van der Waals surface area contributed by atoms with Crippen LogP contribution in [-0.4, -0.2) is 30.0 Å². The van der Waals surface area contributed by atoms with Crippen LogP contribution in [0.25, 0.3) is 0 Å². The highest BCUT2D eigenvalue weighted by Crippen LogP contribution is 2.28. The Morgan fingerprint density at radius 2 is 1.92 bits per heavy atom. The summed E-state index contributed by atoms with van der Waals surface area (Å²) in [5.41, 5.74) is 0. The Hall–Kier alpha value is -0.0000000000000000486. The largest absolute Gasteiger partial charge is 0.403 e. The van der Waals surface area contributed by atoms with Crippen molar-refractivity contribution in [2.75, 3.05) is 6.61 Å². The van der Waals surface area contributed by atoms with E-state index in [0.717, 1.165) is 0 Å². The molecule has 74 valence electrons. The second kappa shape index (κ2) is 4.30. The zero-order chi connectivity index (χ0) is 8.48. The summed E-state index contributed by atoms with van der Waals surface area (Å²) in [5.74, 6) is 0. The average Bonchev–Trinajstić information content (AvgIpc) is 2.32. The number of hydrogen-bond donors (Lipinski definition) is 2. The first kappa shape index (κ1) is 12.0. The van der Waals surface area contributed by atoms with Crippen molar-refractivity contribution in [3.05, 3.63) is 0 Å². The maximum Gasteiger partial charge on any atom is 0.403 e. The van der Waals surface area contributed by atoms with Gasteiger partial charge in [-0.25, -0.2) is 0 Å². The van der Waals surface area contributed by atoms with Crippen LogP contribution in [0.2, 0.25) is 0 Å². The number of alkyl halides is 3. The molecule has 1 aliphatic heterocycles. The van der Waals surface area contributed by atoms with Crippen molar-refractivity contribution in [1.29, 1.82) is 0 Å². The summed E-state index contributed by atoms with van der Waals surface area (Å²) in [6.07, 6.45) is -3.68. The lowest BCUT2D eigenvalue weighted by atomic mass is 10.2. The lowest BCUT2D eigenvalue weighted by Gasteiger charge is -2.15. The molecule has 0 aromatic rings. The van der Waals surface area contributed by atoms with E-state index in [1.807, 2.05) is 0 Å². The molecule has 0 aromatic heterocycles. The first-order valence-electron chi connectivity index (χ1n) is 3.47. The maximum absolute atomic E-state index is 11.9. The minimum absolute atomic E-state index is 0. The Kier molecular flexibility index (Phi) is 4.30. The predicted octanol–water partition coefficient (Wildman–Crippen LogP) is 1.08. The van der Waals surface area contributed by atoms with E-state index < -0.39 is 12.2 Å². The Morgan fingerprint density at radius 3 is 2.17 bits per heavy atom. The molecule has 2 nitrogen and oxygen atoms in total. The van der Waals surface area contributed by atoms with Gasteiger partial charge in [-0.3, -0.25) is 0 Å². The monoisotopic (exact) mass is 205 g/mol. The van der Waals surface area contributed by atoms with Crippen molar-refractivity contribution in [2.45, 2.75) is 31.1 Å². The lowest BCUT2D eigenvalue weighted by molar-refractivity contribution is -0.152. The minimum atomic E-state index is -4.16. The van der Waals surface area contributed by atoms with E-state index in [-0.39, 0.29) is 31.5 Å². The van der Waals surface area contributed by atoms with E-state index >= 15 is 0 Å². The molecule has 0 spiro atoms. The quantitative estimate of drug-likeness (QED) is 0.672. The molecule has 1 fully saturated rings. The van der Waals surface area contributed by atoms with Crippen LogP contribution < -0.4 is 5.32 Å². The molecule has 1 saturated heterocycles. The van der Waals surface area contributed by atoms with Gasteiger partial charge in [0.25, 0.3) is 0 Å². The summed E-state index contributed by atoms with van der Waals surface area (Å²) in [7, 11) is 0. The van der Waals surface area contributed by atoms with Crippen LogP contribution in [0.1, 0.15) is 12.8 Å². The summed E-state index contributed by atoms with van der Waals surface area (Å²) >= 11 is 0. The van der Waals surface area contributed by atoms with Crippen LogP contribution in [0.3, 0.4) is 0 Å². The number of aliphatic hydroxyl groups is 1. The van der Waals surface area contributed by atoms with Crippen molar-refractivity contribution < 1.29 is 18.3 Å². The first-order valence-corrected chi connectivity index (χ1v) is 3.47. The van der Waals surface area contributed by atoms with Crippen LogP contribution in [-0.2, 0) is 0 Å². The van der Waals surface area contributed by atoms with Crippen LogP contribution in [0.15, 0.2) is 0 Å². The fraction of sp³-hybridized carbons (Fsp3) is 1.00. The molecule has 0 unspecified atom stereocenters. The molecule has 0 amide bonds. The molecule has 2 N–H and O–H groups in total. The van der Waals surface area contributed by atoms with Crippen LogP contribution in [0, 0.1) is 0 Å². The molecule has 0 radical (unpaired) electrons. The second-order valence-corrected chi connectivity index (χ2v) is 2.72. The third-order valence-corrected chi connectivity index (χ3v) is 1.86. The van der Waals surface area contributed by atoms with Crippen LogP contribution in [0.4, 0.5) is 13.2 Å². The van der Waals surface area contributed by atoms with Crippen molar-refractivity contribution in [3.63, 3.8) is 0 Å². The first-order chi connectivity index (χ1) is 5.04. The molecule has 0 bridgehead atoms. The third kappa shape index (κ3) is 2.80. The van der Waals surface area contributed by atoms with Crippen molar-refractivity contribution in [3.8, 4) is 0 Å². The van der Waals surface area contributed by atoms with Crippen molar-refractivity contribution in [2.24, 2.45) is 0 Å². The number of halogens is 4. The van der Waals surface area contributed by atoms with Gasteiger partial charge in [0.2, 0.25) is 0 Å². The Balaban J connectivity index is 0.00000121. The molecule has 6 heteroatoms. The van der Waals surface area contributed by atoms with Gasteiger partial charge in [-0.2, -0.15) is 13.2 Å². The van der Waals surface area contributed by atoms with E-state index in [1.165, 1.54) is 0 Å². The van der Waals surface area contributed by atoms with E-state index in [0.29, 0.717) is 6.42 Å². The number of rotatable bonds is 1. The summed E-state index contributed by atoms with van der Waals surface area (Å²) in [6.45, 7) is -0.216. The Labute approximate surface area is 74.6 Å². The maximum atomic E-state index is 11.9. The van der Waals surface area contributed by atoms with E-state index in [9.17, 15) is 13.2 Å². The van der Waals surface area contributed by atoms with E-state index in [4.69, 9.17) is 5.11 Å². The SMILES string of the molecule is Cl.OC[C@H]1CC[C@@H](C(F)(F)F)N1. The standard InChI is InChI=1S/C6H10F3NO.ClH/c7-6(8,9)5-2-1-4(3-11)10-5;/h4-5,10-11H,1-3H2;1H/t4-,5+;/m1./s1. The zero-order valence-electron chi connectivity index (χ0n) is 6.27. The highest BCUT2D eigenvalue weighted by Gasteiger charge is 2.43. The Bertz CT molecular complexity index is 141. The predicted molar refractivity (Wildman–Crippen MR) is 40.3 cm³/mol. The highest BCUT2D eigenvalue weighted by molar-refractivity contribution is 5.85. The van der Waals surface area contributed by atoms with Crippen molar-refractivity contribution >= 4 is 12.4 Å². The third-order valence-electron chi connectivity index (χ3n) is 1.86. The van der Waals surface area contributed by atoms with E-state index in [2.05, 4.69) is 5.32 Å². The van der Waals surface area contributed by atoms with Gasteiger partial charge in [-0.1, -0.05) is 0 Å². The molecule has 0 aromatic carbocycles. The second-order valence-electron chi connectivity index (χ2n) is 2.72. The van der Waals surface area contributed by atoms with Gasteiger partial charge >= 0.3 is 6.18 Å². The number of hydrogen-bond acceptors (Lipinski definition) is 2. The number of nitrogens with one attached hydrogen (secondary N) is 1. The summed E-state index contributed by atoms with van der Waals surface area (Å²) < 4.78 is 35.8.